The lowest BCUT2D eigenvalue weighted by molar-refractivity contribution is 0.0603. The van der Waals surface area contributed by atoms with Gasteiger partial charge in [0.2, 0.25) is 0 Å². The summed E-state index contributed by atoms with van der Waals surface area (Å²) in [6.45, 7) is 2.66. The van der Waals surface area contributed by atoms with Crippen LogP contribution in [-0.2, 0) is 11.3 Å². The highest BCUT2D eigenvalue weighted by Crippen LogP contribution is 2.20. The number of fused-ring (bicyclic) bond motifs is 1. The number of H-pyrrole nitrogens is 1. The first-order valence-electron chi connectivity index (χ1n) is 7.30. The molecule has 0 unspecified atom stereocenters. The molecule has 1 aliphatic carbocycles. The molecule has 0 bridgehead atoms. The highest BCUT2D eigenvalue weighted by atomic mass is 16.5. The van der Waals surface area contributed by atoms with Crippen molar-refractivity contribution >= 4 is 10.9 Å². The van der Waals surface area contributed by atoms with Gasteiger partial charge in [0, 0.05) is 24.8 Å². The van der Waals surface area contributed by atoms with E-state index < -0.39 is 0 Å². The molecule has 1 aliphatic rings. The van der Waals surface area contributed by atoms with Gasteiger partial charge in [0.25, 0.3) is 0 Å². The van der Waals surface area contributed by atoms with Crippen LogP contribution in [-0.4, -0.2) is 24.2 Å². The van der Waals surface area contributed by atoms with Crippen molar-refractivity contribution < 1.29 is 4.74 Å². The zero-order valence-corrected chi connectivity index (χ0v) is 11.3. The molecule has 3 rings (SSSR count). The van der Waals surface area contributed by atoms with Gasteiger partial charge in [-0.2, -0.15) is 0 Å². The first kappa shape index (κ1) is 12.7. The first-order valence-corrected chi connectivity index (χ1v) is 7.30. The van der Waals surface area contributed by atoms with Crippen LogP contribution in [0.5, 0.6) is 0 Å². The molecule has 0 spiro atoms. The summed E-state index contributed by atoms with van der Waals surface area (Å²) in [5.41, 5.74) is 2.53. The van der Waals surface area contributed by atoms with Crippen molar-refractivity contribution in [2.45, 2.75) is 38.3 Å². The molecule has 0 amide bonds. The Labute approximate surface area is 114 Å². The lowest BCUT2D eigenvalue weighted by atomic mass is 10.1. The number of ether oxygens (including phenoxy) is 1. The number of nitrogens with one attached hydrogen (secondary N) is 2. The van der Waals surface area contributed by atoms with Crippen molar-refractivity contribution in [2.75, 3.05) is 13.2 Å². The topological polar surface area (TPSA) is 37.0 Å². The Morgan fingerprint density at radius 2 is 2.11 bits per heavy atom. The van der Waals surface area contributed by atoms with Crippen molar-refractivity contribution in [2.24, 2.45) is 0 Å². The van der Waals surface area contributed by atoms with Gasteiger partial charge >= 0.3 is 0 Å². The van der Waals surface area contributed by atoms with Crippen LogP contribution in [0.1, 0.15) is 31.2 Å². The molecule has 0 saturated heterocycles. The summed E-state index contributed by atoms with van der Waals surface area (Å²) in [6, 6.07) is 8.65. The molecule has 2 N–H and O–H groups in total. The van der Waals surface area contributed by atoms with Crippen LogP contribution in [0, 0.1) is 0 Å². The van der Waals surface area contributed by atoms with Crippen molar-refractivity contribution in [1.82, 2.24) is 10.3 Å². The molecule has 2 aromatic rings. The second-order valence-electron chi connectivity index (χ2n) is 5.35. The maximum Gasteiger partial charge on any atom is 0.0594 e. The molecule has 1 saturated carbocycles. The molecule has 1 heterocycles. The Hall–Kier alpha value is -1.32. The molecule has 1 aromatic carbocycles. The molecule has 0 aliphatic heterocycles. The van der Waals surface area contributed by atoms with Crippen molar-refractivity contribution in [1.29, 1.82) is 0 Å². The largest absolute Gasteiger partial charge is 0.377 e. The second-order valence-corrected chi connectivity index (χ2v) is 5.35. The monoisotopic (exact) mass is 258 g/mol. The Morgan fingerprint density at radius 3 is 3.00 bits per heavy atom. The summed E-state index contributed by atoms with van der Waals surface area (Å²) in [6.07, 6.45) is 7.70. The van der Waals surface area contributed by atoms with Crippen LogP contribution in [0.15, 0.2) is 30.5 Å². The number of rotatable bonds is 6. The summed E-state index contributed by atoms with van der Waals surface area (Å²) in [5, 5.41) is 4.72. The average molecular weight is 258 g/mol. The van der Waals surface area contributed by atoms with Gasteiger partial charge in [-0.1, -0.05) is 25.0 Å². The van der Waals surface area contributed by atoms with E-state index in [9.17, 15) is 0 Å². The Bertz CT molecular complexity index is 514. The molecule has 3 heteroatoms. The maximum absolute atomic E-state index is 5.83. The number of aromatic nitrogens is 1. The van der Waals surface area contributed by atoms with Crippen molar-refractivity contribution in [3.63, 3.8) is 0 Å². The standard InChI is InChI=1S/C16H22N2O/c1-2-4-15(3-1)19-10-9-17-12-13-5-6-14-7-8-18-16(14)11-13/h5-8,11,15,17-18H,1-4,9-10,12H2. The van der Waals surface area contributed by atoms with Gasteiger partial charge in [0.1, 0.15) is 0 Å². The highest BCUT2D eigenvalue weighted by molar-refractivity contribution is 5.79. The first-order chi connectivity index (χ1) is 9.42. The predicted octanol–water partition coefficient (Wildman–Crippen LogP) is 3.22. The van der Waals surface area contributed by atoms with Gasteiger partial charge in [-0.3, -0.25) is 0 Å². The quantitative estimate of drug-likeness (QED) is 0.781. The summed E-state index contributed by atoms with van der Waals surface area (Å²) >= 11 is 0. The van der Waals surface area contributed by atoms with E-state index in [4.69, 9.17) is 4.74 Å². The molecule has 1 aromatic heterocycles. The highest BCUT2D eigenvalue weighted by Gasteiger charge is 2.14. The Balaban J connectivity index is 1.39. The van der Waals surface area contributed by atoms with Crippen LogP contribution in [0.3, 0.4) is 0 Å². The van der Waals surface area contributed by atoms with E-state index in [2.05, 4.69) is 34.6 Å². The number of aromatic amines is 1. The summed E-state index contributed by atoms with van der Waals surface area (Å²) < 4.78 is 5.83. The Morgan fingerprint density at radius 1 is 1.21 bits per heavy atom. The van der Waals surface area contributed by atoms with Gasteiger partial charge in [-0.25, -0.2) is 0 Å². The van der Waals surface area contributed by atoms with E-state index in [0.29, 0.717) is 6.10 Å². The molecule has 0 radical (unpaired) electrons. The molecule has 0 atom stereocenters. The van der Waals surface area contributed by atoms with E-state index in [0.717, 1.165) is 19.7 Å². The van der Waals surface area contributed by atoms with E-state index >= 15 is 0 Å². The van der Waals surface area contributed by atoms with Gasteiger partial charge < -0.3 is 15.0 Å². The fraction of sp³-hybridized carbons (Fsp3) is 0.500. The van der Waals surface area contributed by atoms with E-state index in [1.54, 1.807) is 0 Å². The molecule has 3 nitrogen and oxygen atoms in total. The van der Waals surface area contributed by atoms with E-state index in [1.165, 1.54) is 42.1 Å². The van der Waals surface area contributed by atoms with E-state index in [1.807, 2.05) is 6.20 Å². The fourth-order valence-electron chi connectivity index (χ4n) is 2.79. The fourth-order valence-corrected chi connectivity index (χ4v) is 2.79. The third kappa shape index (κ3) is 3.37. The predicted molar refractivity (Wildman–Crippen MR) is 78.2 cm³/mol. The lowest BCUT2D eigenvalue weighted by Crippen LogP contribution is -2.21. The molecular formula is C16H22N2O. The normalized spacial score (nSPS) is 16.4. The Kier molecular flexibility index (Phi) is 4.16. The van der Waals surface area contributed by atoms with Gasteiger partial charge in [-0.15, -0.1) is 0 Å². The van der Waals surface area contributed by atoms with Gasteiger partial charge in [-0.05, 0) is 35.9 Å². The minimum atomic E-state index is 0.525. The summed E-state index contributed by atoms with van der Waals surface area (Å²) in [5.74, 6) is 0. The van der Waals surface area contributed by atoms with Gasteiger partial charge in [0.15, 0.2) is 0 Å². The smallest absolute Gasteiger partial charge is 0.0594 e. The minimum Gasteiger partial charge on any atom is -0.377 e. The SMILES string of the molecule is c1cc2ccc(CNCCOC3CCCC3)cc2[nH]1. The van der Waals surface area contributed by atoms with Crippen LogP contribution in [0.2, 0.25) is 0 Å². The zero-order chi connectivity index (χ0) is 12.9. The van der Waals surface area contributed by atoms with Gasteiger partial charge in [0.05, 0.1) is 12.7 Å². The minimum absolute atomic E-state index is 0.525. The van der Waals surface area contributed by atoms with Crippen LogP contribution in [0.4, 0.5) is 0 Å². The van der Waals surface area contributed by atoms with Crippen LogP contribution in [0.25, 0.3) is 10.9 Å². The third-order valence-corrected chi connectivity index (χ3v) is 3.88. The number of benzene rings is 1. The van der Waals surface area contributed by atoms with E-state index in [-0.39, 0.29) is 0 Å². The second kappa shape index (κ2) is 6.22. The zero-order valence-electron chi connectivity index (χ0n) is 11.3. The summed E-state index contributed by atoms with van der Waals surface area (Å²) in [4.78, 5) is 3.25. The summed E-state index contributed by atoms with van der Waals surface area (Å²) in [7, 11) is 0. The number of hydrogen-bond acceptors (Lipinski definition) is 2. The lowest BCUT2D eigenvalue weighted by Gasteiger charge is -2.11. The van der Waals surface area contributed by atoms with Crippen molar-refractivity contribution in [3.05, 3.63) is 36.0 Å². The average Bonchev–Trinajstić information content (AvgIpc) is 3.08. The van der Waals surface area contributed by atoms with Crippen molar-refractivity contribution in [3.8, 4) is 0 Å². The molecule has 102 valence electrons. The molecular weight excluding hydrogens is 236 g/mol. The molecule has 1 fully saturated rings. The molecule has 19 heavy (non-hydrogen) atoms. The van der Waals surface area contributed by atoms with Crippen LogP contribution < -0.4 is 5.32 Å². The number of hydrogen-bond donors (Lipinski definition) is 2. The maximum atomic E-state index is 5.83. The van der Waals surface area contributed by atoms with Crippen LogP contribution >= 0.6 is 0 Å². The third-order valence-electron chi connectivity index (χ3n) is 3.88.